The van der Waals surface area contributed by atoms with Crippen LogP contribution in [0.2, 0.25) is 0 Å². The van der Waals surface area contributed by atoms with Gasteiger partial charge in [0.25, 0.3) is 0 Å². The van der Waals surface area contributed by atoms with Crippen LogP contribution in [-0.2, 0) is 26.2 Å². The van der Waals surface area contributed by atoms with Gasteiger partial charge in [-0.2, -0.15) is 0 Å². The SMILES string of the molecule is CCC(C)(C)NC(=O)C(C(C)C)N(Cc1cccs1)C(=O)CNS(=O)(=O)c1ccc(C)cc1. The van der Waals surface area contributed by atoms with E-state index in [1.807, 2.05) is 59.1 Å². The van der Waals surface area contributed by atoms with Gasteiger partial charge in [-0.1, -0.05) is 44.5 Å². The summed E-state index contributed by atoms with van der Waals surface area (Å²) in [6, 6.07) is 9.45. The Hall–Kier alpha value is -2.23. The van der Waals surface area contributed by atoms with Crippen molar-refractivity contribution < 1.29 is 18.0 Å². The maximum Gasteiger partial charge on any atom is 0.243 e. The largest absolute Gasteiger partial charge is 0.349 e. The van der Waals surface area contributed by atoms with Crippen LogP contribution in [0, 0.1) is 12.8 Å². The summed E-state index contributed by atoms with van der Waals surface area (Å²) < 4.78 is 27.8. The van der Waals surface area contributed by atoms with Crippen molar-refractivity contribution in [2.24, 2.45) is 5.92 Å². The maximum absolute atomic E-state index is 13.3. The van der Waals surface area contributed by atoms with Crippen molar-refractivity contribution in [3.8, 4) is 0 Å². The van der Waals surface area contributed by atoms with Gasteiger partial charge in [0.05, 0.1) is 18.0 Å². The molecule has 1 aromatic carbocycles. The molecule has 1 heterocycles. The van der Waals surface area contributed by atoms with Gasteiger partial charge >= 0.3 is 0 Å². The smallest absolute Gasteiger partial charge is 0.243 e. The summed E-state index contributed by atoms with van der Waals surface area (Å²) in [6.45, 7) is 11.3. The first-order valence-electron chi connectivity index (χ1n) is 11.1. The lowest BCUT2D eigenvalue weighted by molar-refractivity contribution is -0.142. The zero-order valence-electron chi connectivity index (χ0n) is 20.2. The molecule has 2 amide bonds. The highest BCUT2D eigenvalue weighted by molar-refractivity contribution is 7.89. The first-order valence-corrected chi connectivity index (χ1v) is 13.4. The number of carbonyl (C=O) groups is 2. The van der Waals surface area contributed by atoms with Gasteiger partial charge in [-0.3, -0.25) is 9.59 Å². The van der Waals surface area contributed by atoms with Crippen LogP contribution >= 0.6 is 11.3 Å². The molecule has 9 heteroatoms. The lowest BCUT2D eigenvalue weighted by Crippen LogP contribution is -2.57. The van der Waals surface area contributed by atoms with Crippen molar-refractivity contribution in [1.29, 1.82) is 0 Å². The molecule has 0 saturated carbocycles. The minimum atomic E-state index is -3.86. The van der Waals surface area contributed by atoms with Crippen LogP contribution in [0.5, 0.6) is 0 Å². The van der Waals surface area contributed by atoms with Crippen molar-refractivity contribution in [2.75, 3.05) is 6.54 Å². The standard InChI is InChI=1S/C24H35N3O4S2/c1-7-24(5,6)26-23(29)22(17(2)3)27(16-19-9-8-14-32-19)21(28)15-25-33(30,31)20-12-10-18(4)11-13-20/h8-14,17,22,25H,7,15-16H2,1-6H3,(H,26,29). The number of sulfonamides is 1. The third-order valence-electron chi connectivity index (χ3n) is 5.55. The third-order valence-corrected chi connectivity index (χ3v) is 7.83. The number of benzene rings is 1. The van der Waals surface area contributed by atoms with Gasteiger partial charge in [0.1, 0.15) is 6.04 Å². The molecule has 7 nitrogen and oxygen atoms in total. The molecule has 2 N–H and O–H groups in total. The fourth-order valence-corrected chi connectivity index (χ4v) is 4.95. The van der Waals surface area contributed by atoms with Gasteiger partial charge in [-0.05, 0) is 56.7 Å². The molecular formula is C24H35N3O4S2. The van der Waals surface area contributed by atoms with E-state index < -0.39 is 34.1 Å². The minimum Gasteiger partial charge on any atom is -0.349 e. The van der Waals surface area contributed by atoms with Gasteiger partial charge in [-0.25, -0.2) is 13.1 Å². The highest BCUT2D eigenvalue weighted by atomic mass is 32.2. The number of nitrogens with one attached hydrogen (secondary N) is 2. The second kappa shape index (κ2) is 11.3. The Morgan fingerprint density at radius 1 is 1.12 bits per heavy atom. The minimum absolute atomic E-state index is 0.0913. The first kappa shape index (κ1) is 27.0. The van der Waals surface area contributed by atoms with Crippen molar-refractivity contribution in [3.63, 3.8) is 0 Å². The van der Waals surface area contributed by atoms with Gasteiger partial charge in [-0.15, -0.1) is 11.3 Å². The highest BCUT2D eigenvalue weighted by Gasteiger charge is 2.35. The van der Waals surface area contributed by atoms with E-state index in [1.54, 1.807) is 12.1 Å². The Labute approximate surface area is 201 Å². The van der Waals surface area contributed by atoms with Crippen molar-refractivity contribution >= 4 is 33.2 Å². The summed E-state index contributed by atoms with van der Waals surface area (Å²) in [5.41, 5.74) is 0.516. The van der Waals surface area contributed by atoms with E-state index in [1.165, 1.54) is 28.4 Å². The zero-order valence-corrected chi connectivity index (χ0v) is 21.8. The topological polar surface area (TPSA) is 95.6 Å². The monoisotopic (exact) mass is 493 g/mol. The number of nitrogens with zero attached hydrogens (tertiary/aromatic N) is 1. The first-order chi connectivity index (χ1) is 15.4. The molecule has 0 aliphatic heterocycles. The quantitative estimate of drug-likeness (QED) is 0.499. The fraction of sp³-hybridized carbons (Fsp3) is 0.500. The van der Waals surface area contributed by atoms with Crippen LogP contribution in [-0.4, -0.2) is 43.3 Å². The van der Waals surface area contributed by atoms with Gasteiger partial charge in [0.2, 0.25) is 21.8 Å². The van der Waals surface area contributed by atoms with E-state index in [2.05, 4.69) is 10.0 Å². The van der Waals surface area contributed by atoms with E-state index in [9.17, 15) is 18.0 Å². The van der Waals surface area contributed by atoms with Crippen LogP contribution in [0.25, 0.3) is 0 Å². The molecule has 1 aromatic heterocycles. The molecule has 0 fully saturated rings. The van der Waals surface area contributed by atoms with Crippen LogP contribution in [0.3, 0.4) is 0 Å². The molecule has 33 heavy (non-hydrogen) atoms. The second-order valence-corrected chi connectivity index (χ2v) is 12.0. The summed E-state index contributed by atoms with van der Waals surface area (Å²) in [5.74, 6) is -0.874. The molecule has 0 aliphatic rings. The molecule has 0 aliphatic carbocycles. The third kappa shape index (κ3) is 7.65. The Bertz CT molecular complexity index is 1030. The lowest BCUT2D eigenvalue weighted by atomic mass is 9.97. The van der Waals surface area contributed by atoms with E-state index in [4.69, 9.17) is 0 Å². The molecule has 2 rings (SSSR count). The van der Waals surface area contributed by atoms with Gasteiger partial charge in [0.15, 0.2) is 0 Å². The number of thiophene rings is 1. The number of aryl methyl sites for hydroxylation is 1. The number of hydrogen-bond donors (Lipinski definition) is 2. The summed E-state index contributed by atoms with van der Waals surface area (Å²) in [7, 11) is -3.86. The van der Waals surface area contributed by atoms with E-state index in [-0.39, 0.29) is 23.3 Å². The molecule has 0 spiro atoms. The lowest BCUT2D eigenvalue weighted by Gasteiger charge is -2.36. The average Bonchev–Trinajstić information content (AvgIpc) is 3.24. The van der Waals surface area contributed by atoms with Crippen LogP contribution in [0.15, 0.2) is 46.7 Å². The van der Waals surface area contributed by atoms with Crippen LogP contribution in [0.4, 0.5) is 0 Å². The number of hydrogen-bond acceptors (Lipinski definition) is 5. The Morgan fingerprint density at radius 3 is 2.27 bits per heavy atom. The molecule has 182 valence electrons. The normalized spacial score (nSPS) is 13.1. The Kier molecular flexibility index (Phi) is 9.22. The van der Waals surface area contributed by atoms with Crippen molar-refractivity contribution in [2.45, 2.75) is 71.0 Å². The molecule has 0 saturated heterocycles. The predicted molar refractivity (Wildman–Crippen MR) is 132 cm³/mol. The fourth-order valence-electron chi connectivity index (χ4n) is 3.27. The summed E-state index contributed by atoms with van der Waals surface area (Å²) >= 11 is 1.48. The highest BCUT2D eigenvalue weighted by Crippen LogP contribution is 2.20. The number of carbonyl (C=O) groups excluding carboxylic acids is 2. The van der Waals surface area contributed by atoms with Crippen molar-refractivity contribution in [1.82, 2.24) is 14.9 Å². The molecule has 1 unspecified atom stereocenters. The molecular weight excluding hydrogens is 458 g/mol. The van der Waals surface area contributed by atoms with E-state index in [0.717, 1.165) is 16.9 Å². The summed E-state index contributed by atoms with van der Waals surface area (Å²) in [6.07, 6.45) is 0.735. The number of rotatable bonds is 11. The Morgan fingerprint density at radius 2 is 1.76 bits per heavy atom. The zero-order chi connectivity index (χ0) is 24.8. The molecule has 1 atom stereocenters. The predicted octanol–water partition coefficient (Wildman–Crippen LogP) is 3.69. The van der Waals surface area contributed by atoms with E-state index >= 15 is 0 Å². The summed E-state index contributed by atoms with van der Waals surface area (Å²) in [5, 5.41) is 4.94. The summed E-state index contributed by atoms with van der Waals surface area (Å²) in [4.78, 5) is 29.0. The molecule has 0 radical (unpaired) electrons. The van der Waals surface area contributed by atoms with Gasteiger partial charge in [0, 0.05) is 10.4 Å². The molecule has 2 aromatic rings. The van der Waals surface area contributed by atoms with Crippen LogP contribution < -0.4 is 10.0 Å². The van der Waals surface area contributed by atoms with Crippen LogP contribution in [0.1, 0.15) is 51.5 Å². The van der Waals surface area contributed by atoms with E-state index in [0.29, 0.717) is 0 Å². The van der Waals surface area contributed by atoms with Gasteiger partial charge < -0.3 is 10.2 Å². The van der Waals surface area contributed by atoms with Crippen molar-refractivity contribution in [3.05, 3.63) is 52.2 Å². The average molecular weight is 494 g/mol. The Balaban J connectivity index is 2.28. The second-order valence-electron chi connectivity index (χ2n) is 9.15. The maximum atomic E-state index is 13.3. The number of amides is 2. The molecule has 0 bridgehead atoms.